The molecule has 0 saturated heterocycles. The van der Waals surface area contributed by atoms with Gasteiger partial charge in [-0.15, -0.1) is 11.3 Å². The molecular weight excluding hydrogens is 380 g/mol. The summed E-state index contributed by atoms with van der Waals surface area (Å²) in [6.07, 6.45) is 1.08. The van der Waals surface area contributed by atoms with Crippen LogP contribution in [0.1, 0.15) is 0 Å². The lowest BCUT2D eigenvalue weighted by atomic mass is 10.2. The van der Waals surface area contributed by atoms with Gasteiger partial charge in [-0.3, -0.25) is 0 Å². The number of thiazole rings is 1. The molecule has 0 aliphatic heterocycles. The van der Waals surface area contributed by atoms with Gasteiger partial charge in [0.15, 0.2) is 5.82 Å². The maximum atomic E-state index is 11.5. The van der Waals surface area contributed by atoms with Crippen LogP contribution in [-0.2, 0) is 9.84 Å². The third kappa shape index (κ3) is 3.04. The number of nitrogens with one attached hydrogen (secondary N) is 1. The molecule has 4 aromatic rings. The first-order chi connectivity index (χ1) is 11.9. The number of rotatable bonds is 3. The predicted octanol–water partition coefficient (Wildman–Crippen LogP) is 3.81. The van der Waals surface area contributed by atoms with E-state index in [2.05, 4.69) is 20.2 Å². The summed E-state index contributed by atoms with van der Waals surface area (Å²) in [6, 6.07) is 13.1. The summed E-state index contributed by atoms with van der Waals surface area (Å²) in [4.78, 5) is 8.66. The van der Waals surface area contributed by atoms with E-state index in [1.165, 1.54) is 11.3 Å². The van der Waals surface area contributed by atoms with Crippen molar-refractivity contribution in [3.63, 3.8) is 0 Å². The maximum absolute atomic E-state index is 11.5. The third-order valence-corrected chi connectivity index (χ3v) is 5.83. The Morgan fingerprint density at radius 3 is 2.64 bits per heavy atom. The zero-order valence-corrected chi connectivity index (χ0v) is 15.3. The molecule has 0 atom stereocenters. The molecule has 0 amide bonds. The molecule has 25 heavy (non-hydrogen) atoms. The zero-order valence-electron chi connectivity index (χ0n) is 12.9. The lowest BCUT2D eigenvalue weighted by Gasteiger charge is -1.97. The fourth-order valence-corrected chi connectivity index (χ4v) is 4.14. The highest BCUT2D eigenvalue weighted by Crippen LogP contribution is 2.35. The van der Waals surface area contributed by atoms with Crippen LogP contribution in [0, 0.1) is 0 Å². The van der Waals surface area contributed by atoms with Crippen molar-refractivity contribution in [1.29, 1.82) is 0 Å². The number of hydrogen-bond acceptors (Lipinski definition) is 6. The summed E-state index contributed by atoms with van der Waals surface area (Å²) in [5, 5.41) is 7.76. The zero-order chi connectivity index (χ0) is 17.6. The Kier molecular flexibility index (Phi) is 3.82. The number of H-pyrrole nitrogens is 1. The van der Waals surface area contributed by atoms with Crippen LogP contribution in [-0.4, -0.2) is 34.8 Å². The Morgan fingerprint density at radius 1 is 1.12 bits per heavy atom. The second kappa shape index (κ2) is 5.91. The minimum absolute atomic E-state index is 0.149. The van der Waals surface area contributed by atoms with Gasteiger partial charge in [0.25, 0.3) is 0 Å². The van der Waals surface area contributed by atoms with E-state index >= 15 is 0 Å². The SMILES string of the molecule is CS(=O)(=O)c1nc(-c2ccc3nc(-c4ccccc4Cl)sc3c2)n[nH]1. The second-order valence-corrected chi connectivity index (χ2v) is 8.79. The smallest absolute Gasteiger partial charge is 0.243 e. The fraction of sp³-hybridized carbons (Fsp3) is 0.0625. The number of aromatic amines is 1. The van der Waals surface area contributed by atoms with Gasteiger partial charge in [0.2, 0.25) is 15.0 Å². The molecule has 0 saturated carbocycles. The lowest BCUT2D eigenvalue weighted by molar-refractivity contribution is 0.594. The van der Waals surface area contributed by atoms with E-state index in [0.29, 0.717) is 16.4 Å². The number of aromatic nitrogens is 4. The van der Waals surface area contributed by atoms with Gasteiger partial charge in [-0.2, -0.15) is 10.1 Å². The summed E-state index contributed by atoms with van der Waals surface area (Å²) < 4.78 is 24.0. The summed E-state index contributed by atoms with van der Waals surface area (Å²) in [6.45, 7) is 0. The average Bonchev–Trinajstić information content (AvgIpc) is 3.21. The van der Waals surface area contributed by atoms with Crippen LogP contribution in [0.25, 0.3) is 32.2 Å². The average molecular weight is 391 g/mol. The first kappa shape index (κ1) is 16.2. The molecule has 1 N–H and O–H groups in total. The Morgan fingerprint density at radius 2 is 1.92 bits per heavy atom. The molecule has 6 nitrogen and oxygen atoms in total. The van der Waals surface area contributed by atoms with Crippen molar-refractivity contribution in [3.8, 4) is 22.0 Å². The quantitative estimate of drug-likeness (QED) is 0.574. The van der Waals surface area contributed by atoms with Gasteiger partial charge >= 0.3 is 0 Å². The van der Waals surface area contributed by atoms with E-state index < -0.39 is 9.84 Å². The monoisotopic (exact) mass is 390 g/mol. The predicted molar refractivity (Wildman–Crippen MR) is 98.6 cm³/mol. The molecular formula is C16H11ClN4O2S2. The second-order valence-electron chi connectivity index (χ2n) is 5.42. The molecule has 9 heteroatoms. The highest BCUT2D eigenvalue weighted by atomic mass is 35.5. The van der Waals surface area contributed by atoms with Crippen LogP contribution < -0.4 is 0 Å². The molecule has 0 fully saturated rings. The van der Waals surface area contributed by atoms with Crippen LogP contribution in [0.15, 0.2) is 47.6 Å². The number of fused-ring (bicyclic) bond motifs is 1. The molecule has 0 aliphatic carbocycles. The molecule has 2 aromatic carbocycles. The van der Waals surface area contributed by atoms with E-state index in [1.807, 2.05) is 42.5 Å². The van der Waals surface area contributed by atoms with E-state index in [9.17, 15) is 8.42 Å². The van der Waals surface area contributed by atoms with Crippen LogP contribution >= 0.6 is 22.9 Å². The standard InChI is InChI=1S/C16H11ClN4O2S2/c1-25(22,23)16-19-14(20-21-16)9-6-7-12-13(8-9)24-15(18-12)10-4-2-3-5-11(10)17/h2-8H,1H3,(H,19,20,21). The molecule has 0 unspecified atom stereocenters. The highest BCUT2D eigenvalue weighted by Gasteiger charge is 2.16. The molecule has 0 spiro atoms. The molecule has 0 aliphatic rings. The maximum Gasteiger partial charge on any atom is 0.243 e. The van der Waals surface area contributed by atoms with Crippen molar-refractivity contribution in [2.24, 2.45) is 0 Å². The van der Waals surface area contributed by atoms with E-state index in [-0.39, 0.29) is 5.16 Å². The number of sulfone groups is 1. The summed E-state index contributed by atoms with van der Waals surface area (Å²) in [7, 11) is -3.42. The molecule has 4 rings (SSSR count). The van der Waals surface area contributed by atoms with Gasteiger partial charge < -0.3 is 0 Å². The van der Waals surface area contributed by atoms with E-state index in [4.69, 9.17) is 11.6 Å². The number of halogens is 1. The third-order valence-electron chi connectivity index (χ3n) is 3.57. The van der Waals surface area contributed by atoms with Crippen LogP contribution in [0.5, 0.6) is 0 Å². The minimum Gasteiger partial charge on any atom is -0.249 e. The Hall–Kier alpha value is -2.29. The van der Waals surface area contributed by atoms with Crippen LogP contribution in [0.2, 0.25) is 5.02 Å². The van der Waals surface area contributed by atoms with E-state index in [1.54, 1.807) is 0 Å². The summed E-state index contributed by atoms with van der Waals surface area (Å²) >= 11 is 7.75. The molecule has 0 radical (unpaired) electrons. The minimum atomic E-state index is -3.42. The highest BCUT2D eigenvalue weighted by molar-refractivity contribution is 7.90. The van der Waals surface area contributed by atoms with Crippen molar-refractivity contribution in [2.45, 2.75) is 5.16 Å². The first-order valence-corrected chi connectivity index (χ1v) is 10.3. The molecule has 2 aromatic heterocycles. The fourth-order valence-electron chi connectivity index (χ4n) is 2.36. The van der Waals surface area contributed by atoms with Crippen molar-refractivity contribution in [3.05, 3.63) is 47.5 Å². The van der Waals surface area contributed by atoms with Gasteiger partial charge in [0.1, 0.15) is 5.01 Å². The number of benzene rings is 2. The lowest BCUT2D eigenvalue weighted by Crippen LogP contribution is -1.99. The van der Waals surface area contributed by atoms with E-state index in [0.717, 1.165) is 27.0 Å². The van der Waals surface area contributed by atoms with Gasteiger partial charge in [-0.05, 0) is 24.3 Å². The van der Waals surface area contributed by atoms with Crippen molar-refractivity contribution >= 4 is 43.0 Å². The normalized spacial score (nSPS) is 11.9. The van der Waals surface area contributed by atoms with Crippen molar-refractivity contribution in [1.82, 2.24) is 20.2 Å². The van der Waals surface area contributed by atoms with Crippen molar-refractivity contribution < 1.29 is 8.42 Å². The summed E-state index contributed by atoms with van der Waals surface area (Å²) in [5.74, 6) is 0.329. The van der Waals surface area contributed by atoms with Gasteiger partial charge in [0, 0.05) is 17.4 Å². The van der Waals surface area contributed by atoms with Gasteiger partial charge in [-0.25, -0.2) is 18.5 Å². The largest absolute Gasteiger partial charge is 0.249 e. The Balaban J connectivity index is 1.79. The number of hydrogen-bond donors (Lipinski definition) is 1. The first-order valence-electron chi connectivity index (χ1n) is 7.20. The Bertz CT molecular complexity index is 1200. The van der Waals surface area contributed by atoms with Gasteiger partial charge in [0.05, 0.1) is 15.2 Å². The van der Waals surface area contributed by atoms with Crippen LogP contribution in [0.3, 0.4) is 0 Å². The van der Waals surface area contributed by atoms with Crippen molar-refractivity contribution in [2.75, 3.05) is 6.26 Å². The summed E-state index contributed by atoms with van der Waals surface area (Å²) in [5.41, 5.74) is 2.43. The van der Waals surface area contributed by atoms with Gasteiger partial charge in [-0.1, -0.05) is 29.8 Å². The Labute approximate surface area is 152 Å². The number of nitrogens with zero attached hydrogens (tertiary/aromatic N) is 3. The van der Waals surface area contributed by atoms with Crippen LogP contribution in [0.4, 0.5) is 0 Å². The molecule has 2 heterocycles. The molecule has 0 bridgehead atoms. The topological polar surface area (TPSA) is 88.6 Å². The molecule has 126 valence electrons.